The van der Waals surface area contributed by atoms with E-state index in [4.69, 9.17) is 10.6 Å². The average Bonchev–Trinajstić information content (AvgIpc) is 2.28. The molecule has 0 aliphatic carbocycles. The molecule has 90 valence electrons. The summed E-state index contributed by atoms with van der Waals surface area (Å²) >= 11 is 0. The Morgan fingerprint density at radius 3 is 2.44 bits per heavy atom. The molecule has 0 unspecified atom stereocenters. The lowest BCUT2D eigenvalue weighted by Crippen LogP contribution is -2.30. The van der Waals surface area contributed by atoms with E-state index in [1.807, 2.05) is 13.8 Å². The summed E-state index contributed by atoms with van der Waals surface area (Å²) in [4.78, 5) is 1.93. The fraction of sp³-hybridized carbons (Fsp3) is 0.400. The monoisotopic (exact) mass is 244 g/mol. The summed E-state index contributed by atoms with van der Waals surface area (Å²) in [6, 6.07) is 4.65. The molecule has 0 bridgehead atoms. The predicted octanol–water partition coefficient (Wildman–Crippen LogP) is 0.971. The number of ether oxygens (including phenoxy) is 1. The molecular formula is C10H16N2O3S. The molecule has 1 rings (SSSR count). The maximum absolute atomic E-state index is 11.5. The standard InChI is InChI=1S/C10H16N2O3S/c1-7(2)9-6-8(16(13,14)12-11)4-5-10(9)15-3/h4-7,12H,11H2,1-3H3. The van der Waals surface area contributed by atoms with Crippen LogP contribution in [0, 0.1) is 0 Å². The van der Waals surface area contributed by atoms with Crippen LogP contribution in [0.1, 0.15) is 25.3 Å². The molecule has 1 aromatic carbocycles. The van der Waals surface area contributed by atoms with E-state index >= 15 is 0 Å². The Bertz CT molecular complexity index is 469. The zero-order valence-electron chi connectivity index (χ0n) is 9.52. The van der Waals surface area contributed by atoms with Crippen molar-refractivity contribution in [3.8, 4) is 5.75 Å². The second-order valence-corrected chi connectivity index (χ2v) is 5.39. The highest BCUT2D eigenvalue weighted by Crippen LogP contribution is 2.28. The molecule has 0 fully saturated rings. The first-order valence-electron chi connectivity index (χ1n) is 4.82. The summed E-state index contributed by atoms with van der Waals surface area (Å²) in [5.74, 6) is 5.81. The Hall–Kier alpha value is -1.11. The van der Waals surface area contributed by atoms with Gasteiger partial charge in [0.1, 0.15) is 5.75 Å². The van der Waals surface area contributed by atoms with Gasteiger partial charge in [0.2, 0.25) is 0 Å². The van der Waals surface area contributed by atoms with Crippen LogP contribution in [0.15, 0.2) is 23.1 Å². The first kappa shape index (κ1) is 13.0. The van der Waals surface area contributed by atoms with Gasteiger partial charge in [-0.3, -0.25) is 5.84 Å². The van der Waals surface area contributed by atoms with Crippen LogP contribution in [0.3, 0.4) is 0 Å². The maximum Gasteiger partial charge on any atom is 0.253 e. The Labute approximate surface area is 95.6 Å². The SMILES string of the molecule is COc1ccc(S(=O)(=O)NN)cc1C(C)C. The second kappa shape index (κ2) is 4.82. The van der Waals surface area contributed by atoms with Gasteiger partial charge in [0.25, 0.3) is 10.0 Å². The van der Waals surface area contributed by atoms with Gasteiger partial charge in [-0.25, -0.2) is 8.42 Å². The number of benzene rings is 1. The van der Waals surface area contributed by atoms with E-state index in [1.54, 1.807) is 24.1 Å². The zero-order valence-corrected chi connectivity index (χ0v) is 10.3. The highest BCUT2D eigenvalue weighted by Gasteiger charge is 2.16. The number of hydrazine groups is 1. The van der Waals surface area contributed by atoms with Gasteiger partial charge in [-0.15, -0.1) is 0 Å². The lowest BCUT2D eigenvalue weighted by atomic mass is 10.0. The number of sulfonamides is 1. The van der Waals surface area contributed by atoms with Crippen LogP contribution in [-0.2, 0) is 10.0 Å². The first-order chi connectivity index (χ1) is 7.42. The van der Waals surface area contributed by atoms with E-state index < -0.39 is 10.0 Å². The van der Waals surface area contributed by atoms with Crippen molar-refractivity contribution < 1.29 is 13.2 Å². The Balaban J connectivity index is 3.33. The van der Waals surface area contributed by atoms with Crippen LogP contribution < -0.4 is 15.4 Å². The third kappa shape index (κ3) is 2.52. The number of methoxy groups -OCH3 is 1. The molecule has 0 aliphatic rings. The average molecular weight is 244 g/mol. The van der Waals surface area contributed by atoms with Crippen LogP contribution in [0.2, 0.25) is 0 Å². The summed E-state index contributed by atoms with van der Waals surface area (Å²) in [5, 5.41) is 0. The topological polar surface area (TPSA) is 81.4 Å². The van der Waals surface area contributed by atoms with E-state index in [0.717, 1.165) is 5.56 Å². The van der Waals surface area contributed by atoms with Crippen LogP contribution in [-0.4, -0.2) is 15.5 Å². The van der Waals surface area contributed by atoms with Gasteiger partial charge in [0.15, 0.2) is 0 Å². The molecule has 0 aliphatic heterocycles. The molecule has 0 atom stereocenters. The van der Waals surface area contributed by atoms with Gasteiger partial charge in [-0.2, -0.15) is 4.83 Å². The minimum Gasteiger partial charge on any atom is -0.496 e. The highest BCUT2D eigenvalue weighted by atomic mass is 32.2. The number of nitrogens with two attached hydrogens (primary N) is 1. The van der Waals surface area contributed by atoms with Gasteiger partial charge in [-0.1, -0.05) is 13.8 Å². The molecule has 0 amide bonds. The molecule has 0 spiro atoms. The molecule has 0 heterocycles. The Kier molecular flexibility index (Phi) is 3.90. The van der Waals surface area contributed by atoms with Gasteiger partial charge in [0.05, 0.1) is 12.0 Å². The minimum atomic E-state index is -3.61. The smallest absolute Gasteiger partial charge is 0.253 e. The normalized spacial score (nSPS) is 11.8. The number of rotatable bonds is 4. The number of hydrogen-bond donors (Lipinski definition) is 2. The van der Waals surface area contributed by atoms with Gasteiger partial charge in [-0.05, 0) is 29.7 Å². The third-order valence-electron chi connectivity index (χ3n) is 2.29. The molecule has 0 saturated heterocycles. The van der Waals surface area contributed by atoms with Crippen molar-refractivity contribution in [2.45, 2.75) is 24.7 Å². The van der Waals surface area contributed by atoms with Crippen molar-refractivity contribution >= 4 is 10.0 Å². The van der Waals surface area contributed by atoms with E-state index in [0.29, 0.717) is 5.75 Å². The summed E-state index contributed by atoms with van der Waals surface area (Å²) in [6.07, 6.45) is 0. The maximum atomic E-state index is 11.5. The first-order valence-corrected chi connectivity index (χ1v) is 6.31. The van der Waals surface area contributed by atoms with Crippen molar-refractivity contribution in [2.75, 3.05) is 7.11 Å². The molecule has 0 saturated carbocycles. The lowest BCUT2D eigenvalue weighted by Gasteiger charge is -2.13. The van der Waals surface area contributed by atoms with Crippen LogP contribution >= 0.6 is 0 Å². The van der Waals surface area contributed by atoms with E-state index in [9.17, 15) is 8.42 Å². The molecule has 0 aromatic heterocycles. The molecular weight excluding hydrogens is 228 g/mol. The molecule has 0 radical (unpaired) electrons. The third-order valence-corrected chi connectivity index (χ3v) is 3.47. The summed E-state index contributed by atoms with van der Waals surface area (Å²) in [6.45, 7) is 3.92. The lowest BCUT2D eigenvalue weighted by molar-refractivity contribution is 0.407. The molecule has 16 heavy (non-hydrogen) atoms. The molecule has 5 nitrogen and oxygen atoms in total. The van der Waals surface area contributed by atoms with E-state index in [1.165, 1.54) is 6.07 Å². The predicted molar refractivity (Wildman–Crippen MR) is 61.6 cm³/mol. The largest absolute Gasteiger partial charge is 0.496 e. The van der Waals surface area contributed by atoms with Gasteiger partial charge >= 0.3 is 0 Å². The summed E-state index contributed by atoms with van der Waals surface area (Å²) in [7, 11) is -2.05. The second-order valence-electron chi connectivity index (χ2n) is 3.68. The fourth-order valence-electron chi connectivity index (χ4n) is 1.40. The Morgan fingerprint density at radius 1 is 1.38 bits per heavy atom. The number of nitrogens with one attached hydrogen (secondary N) is 1. The fourth-order valence-corrected chi connectivity index (χ4v) is 2.06. The summed E-state index contributed by atoms with van der Waals surface area (Å²) < 4.78 is 28.2. The zero-order chi connectivity index (χ0) is 12.3. The van der Waals surface area contributed by atoms with Crippen LogP contribution in [0.5, 0.6) is 5.75 Å². The molecule has 6 heteroatoms. The quantitative estimate of drug-likeness (QED) is 0.611. The Morgan fingerprint density at radius 2 is 2.00 bits per heavy atom. The number of hydrogen-bond acceptors (Lipinski definition) is 4. The van der Waals surface area contributed by atoms with Gasteiger partial charge < -0.3 is 4.74 Å². The van der Waals surface area contributed by atoms with Crippen molar-refractivity contribution in [2.24, 2.45) is 5.84 Å². The van der Waals surface area contributed by atoms with Crippen molar-refractivity contribution in [3.05, 3.63) is 23.8 Å². The highest BCUT2D eigenvalue weighted by molar-refractivity contribution is 7.89. The van der Waals surface area contributed by atoms with E-state index in [-0.39, 0.29) is 10.8 Å². The molecule has 1 aromatic rings. The van der Waals surface area contributed by atoms with Crippen molar-refractivity contribution in [1.82, 2.24) is 4.83 Å². The van der Waals surface area contributed by atoms with Gasteiger partial charge in [0, 0.05) is 0 Å². The summed E-state index contributed by atoms with van der Waals surface area (Å²) in [5.41, 5.74) is 0.832. The van der Waals surface area contributed by atoms with Crippen molar-refractivity contribution in [1.29, 1.82) is 0 Å². The van der Waals surface area contributed by atoms with Crippen molar-refractivity contribution in [3.63, 3.8) is 0 Å². The van der Waals surface area contributed by atoms with E-state index in [2.05, 4.69) is 0 Å². The van der Waals surface area contributed by atoms with Crippen LogP contribution in [0.4, 0.5) is 0 Å². The molecule has 3 N–H and O–H groups in total. The minimum absolute atomic E-state index is 0.138. The van der Waals surface area contributed by atoms with Crippen LogP contribution in [0.25, 0.3) is 0 Å².